The number of aliphatic hydroxyl groups is 1. The van der Waals surface area contributed by atoms with Crippen LogP contribution in [0.5, 0.6) is 0 Å². The molecule has 0 fully saturated rings. The molecular formula is C12H16Cl2FNO3S. The number of sulfonamides is 1. The van der Waals surface area contributed by atoms with Crippen LogP contribution >= 0.6 is 23.2 Å². The molecule has 114 valence electrons. The third kappa shape index (κ3) is 5.18. The monoisotopic (exact) mass is 343 g/mol. The lowest BCUT2D eigenvalue weighted by Gasteiger charge is -2.21. The normalized spacial score (nSPS) is 12.1. The predicted molar refractivity (Wildman–Crippen MR) is 78.3 cm³/mol. The van der Waals surface area contributed by atoms with Gasteiger partial charge in [0.2, 0.25) is 10.0 Å². The molecule has 0 aliphatic heterocycles. The molecule has 0 bridgehead atoms. The van der Waals surface area contributed by atoms with Crippen molar-refractivity contribution < 1.29 is 17.9 Å². The van der Waals surface area contributed by atoms with Crippen molar-refractivity contribution in [1.82, 2.24) is 4.31 Å². The molecule has 0 spiro atoms. The molecule has 1 aromatic rings. The molecule has 0 saturated heterocycles. The summed E-state index contributed by atoms with van der Waals surface area (Å²) in [6.07, 6.45) is -0.0639. The molecule has 0 amide bonds. The Morgan fingerprint density at radius 1 is 1.25 bits per heavy atom. The SMILES string of the molecule is O=S(=O)(CCCF)N(CCO)Cc1ccc(Cl)c(Cl)c1. The van der Waals surface area contributed by atoms with E-state index in [1.54, 1.807) is 18.2 Å². The van der Waals surface area contributed by atoms with Crippen LogP contribution in [0.2, 0.25) is 10.0 Å². The van der Waals surface area contributed by atoms with Crippen LogP contribution in [0.1, 0.15) is 12.0 Å². The van der Waals surface area contributed by atoms with E-state index in [9.17, 15) is 12.8 Å². The minimum Gasteiger partial charge on any atom is -0.395 e. The van der Waals surface area contributed by atoms with Crippen LogP contribution in [0.15, 0.2) is 18.2 Å². The van der Waals surface area contributed by atoms with Crippen molar-refractivity contribution in [3.05, 3.63) is 33.8 Å². The van der Waals surface area contributed by atoms with Crippen LogP contribution in [0.3, 0.4) is 0 Å². The van der Waals surface area contributed by atoms with Gasteiger partial charge in [0.25, 0.3) is 0 Å². The summed E-state index contributed by atoms with van der Waals surface area (Å²) in [7, 11) is -3.61. The number of benzene rings is 1. The molecule has 0 aliphatic carbocycles. The Hall–Kier alpha value is -0.400. The fourth-order valence-corrected chi connectivity index (χ4v) is 3.39. The van der Waals surface area contributed by atoms with Gasteiger partial charge in [-0.05, 0) is 24.1 Å². The third-order valence-electron chi connectivity index (χ3n) is 2.62. The quantitative estimate of drug-likeness (QED) is 0.788. The van der Waals surface area contributed by atoms with Crippen molar-refractivity contribution in [3.63, 3.8) is 0 Å². The Kier molecular flexibility index (Phi) is 7.19. The molecule has 0 aromatic heterocycles. The maximum Gasteiger partial charge on any atom is 0.214 e. The first kappa shape index (κ1) is 17.7. The summed E-state index contributed by atoms with van der Waals surface area (Å²) in [5, 5.41) is 9.68. The van der Waals surface area contributed by atoms with Crippen LogP contribution < -0.4 is 0 Å². The summed E-state index contributed by atoms with van der Waals surface area (Å²) in [6, 6.07) is 4.80. The highest BCUT2D eigenvalue weighted by Gasteiger charge is 2.21. The van der Waals surface area contributed by atoms with Crippen LogP contribution in [0.25, 0.3) is 0 Å². The largest absolute Gasteiger partial charge is 0.395 e. The van der Waals surface area contributed by atoms with Crippen LogP contribution in [-0.4, -0.2) is 43.4 Å². The highest BCUT2D eigenvalue weighted by molar-refractivity contribution is 7.89. The first-order valence-corrected chi connectivity index (χ1v) is 8.36. The Balaban J connectivity index is 2.88. The van der Waals surface area contributed by atoms with Gasteiger partial charge in [-0.25, -0.2) is 8.42 Å². The highest BCUT2D eigenvalue weighted by Crippen LogP contribution is 2.23. The first-order chi connectivity index (χ1) is 9.40. The van der Waals surface area contributed by atoms with E-state index in [4.69, 9.17) is 28.3 Å². The zero-order valence-corrected chi connectivity index (χ0v) is 13.1. The van der Waals surface area contributed by atoms with Crippen molar-refractivity contribution in [2.24, 2.45) is 0 Å². The molecule has 1 aromatic carbocycles. The number of rotatable bonds is 8. The molecule has 1 rings (SSSR count). The fraction of sp³-hybridized carbons (Fsp3) is 0.500. The number of halogens is 3. The number of hydrogen-bond acceptors (Lipinski definition) is 3. The molecule has 0 radical (unpaired) electrons. The zero-order chi connectivity index (χ0) is 15.2. The number of hydrogen-bond donors (Lipinski definition) is 1. The summed E-state index contributed by atoms with van der Waals surface area (Å²) >= 11 is 11.7. The summed E-state index contributed by atoms with van der Waals surface area (Å²) in [5.74, 6) is -0.287. The first-order valence-electron chi connectivity index (χ1n) is 5.99. The van der Waals surface area contributed by atoms with Gasteiger partial charge in [-0.2, -0.15) is 4.31 Å². The van der Waals surface area contributed by atoms with Gasteiger partial charge in [0.15, 0.2) is 0 Å². The fourth-order valence-electron chi connectivity index (χ4n) is 1.64. The Bertz CT molecular complexity index is 540. The molecule has 4 nitrogen and oxygen atoms in total. The molecule has 0 atom stereocenters. The van der Waals surface area contributed by atoms with Gasteiger partial charge in [0.1, 0.15) is 0 Å². The van der Waals surface area contributed by atoms with Gasteiger partial charge in [0, 0.05) is 13.1 Å². The number of aliphatic hydroxyl groups excluding tert-OH is 1. The summed E-state index contributed by atoms with van der Waals surface area (Å²) in [5.41, 5.74) is 0.650. The molecule has 1 N–H and O–H groups in total. The lowest BCUT2D eigenvalue weighted by molar-refractivity contribution is 0.251. The Morgan fingerprint density at radius 2 is 1.95 bits per heavy atom. The van der Waals surface area contributed by atoms with E-state index < -0.39 is 16.7 Å². The van der Waals surface area contributed by atoms with E-state index in [0.29, 0.717) is 15.6 Å². The van der Waals surface area contributed by atoms with Crippen LogP contribution in [0, 0.1) is 0 Å². The Morgan fingerprint density at radius 3 is 2.50 bits per heavy atom. The topological polar surface area (TPSA) is 57.6 Å². The van der Waals surface area contributed by atoms with E-state index >= 15 is 0 Å². The van der Waals surface area contributed by atoms with Gasteiger partial charge in [-0.1, -0.05) is 29.3 Å². The summed E-state index contributed by atoms with van der Waals surface area (Å²) < 4.78 is 37.3. The average molecular weight is 344 g/mol. The molecule has 0 unspecified atom stereocenters. The lowest BCUT2D eigenvalue weighted by atomic mass is 10.2. The van der Waals surface area contributed by atoms with Gasteiger partial charge in [-0.15, -0.1) is 0 Å². The van der Waals surface area contributed by atoms with E-state index in [0.717, 1.165) is 4.31 Å². The van der Waals surface area contributed by atoms with E-state index in [-0.39, 0.29) is 31.9 Å². The standard InChI is InChI=1S/C12H16Cl2FNO3S/c13-11-3-2-10(8-12(11)14)9-16(5-6-17)20(18,19)7-1-4-15/h2-3,8,17H,1,4-7,9H2. The smallest absolute Gasteiger partial charge is 0.214 e. The molecule has 0 aliphatic rings. The number of alkyl halides is 1. The predicted octanol–water partition coefficient (Wildman–Crippen LogP) is 2.48. The van der Waals surface area contributed by atoms with Crippen LogP contribution in [-0.2, 0) is 16.6 Å². The average Bonchev–Trinajstić information content (AvgIpc) is 2.40. The van der Waals surface area contributed by atoms with Gasteiger partial charge < -0.3 is 5.11 Å². The maximum atomic E-state index is 12.1. The van der Waals surface area contributed by atoms with E-state index in [1.165, 1.54) is 0 Å². The second-order valence-corrected chi connectivity index (χ2v) is 7.07. The summed E-state index contributed by atoms with van der Waals surface area (Å²) in [6.45, 7) is -0.990. The van der Waals surface area contributed by atoms with Crippen molar-refractivity contribution >= 4 is 33.2 Å². The van der Waals surface area contributed by atoms with Crippen molar-refractivity contribution in [3.8, 4) is 0 Å². The van der Waals surface area contributed by atoms with Crippen LogP contribution in [0.4, 0.5) is 4.39 Å². The molecule has 20 heavy (non-hydrogen) atoms. The lowest BCUT2D eigenvalue weighted by Crippen LogP contribution is -2.35. The van der Waals surface area contributed by atoms with Crippen molar-refractivity contribution in [2.75, 3.05) is 25.6 Å². The zero-order valence-electron chi connectivity index (χ0n) is 10.7. The molecule has 0 heterocycles. The highest BCUT2D eigenvalue weighted by atomic mass is 35.5. The van der Waals surface area contributed by atoms with Crippen molar-refractivity contribution in [2.45, 2.75) is 13.0 Å². The van der Waals surface area contributed by atoms with E-state index in [1.807, 2.05) is 0 Å². The van der Waals surface area contributed by atoms with E-state index in [2.05, 4.69) is 0 Å². The second kappa shape index (κ2) is 8.14. The minimum atomic E-state index is -3.61. The Labute approximate surface area is 128 Å². The van der Waals surface area contributed by atoms with Gasteiger partial charge in [-0.3, -0.25) is 4.39 Å². The maximum absolute atomic E-state index is 12.1. The molecular weight excluding hydrogens is 328 g/mol. The molecule has 0 saturated carbocycles. The van der Waals surface area contributed by atoms with Crippen molar-refractivity contribution in [1.29, 1.82) is 0 Å². The molecule has 8 heteroatoms. The minimum absolute atomic E-state index is 0.0468. The van der Waals surface area contributed by atoms with Gasteiger partial charge in [0.05, 0.1) is 29.1 Å². The second-order valence-electron chi connectivity index (χ2n) is 4.16. The third-order valence-corrected chi connectivity index (χ3v) is 5.26. The number of nitrogens with zero attached hydrogens (tertiary/aromatic N) is 1. The summed E-state index contributed by atoms with van der Waals surface area (Å²) in [4.78, 5) is 0. The van der Waals surface area contributed by atoms with Gasteiger partial charge >= 0.3 is 0 Å².